The Morgan fingerprint density at radius 1 is 0.768 bits per heavy atom. The van der Waals surface area contributed by atoms with Gasteiger partial charge < -0.3 is 57.7 Å². The van der Waals surface area contributed by atoms with Gasteiger partial charge in [0.25, 0.3) is 0 Å². The van der Waals surface area contributed by atoms with Crippen molar-refractivity contribution >= 4 is 59.3 Å². The third-order valence-electron chi connectivity index (χ3n) is 7.39. The highest BCUT2D eigenvalue weighted by molar-refractivity contribution is 5.98. The molecular weight excluding hydrogens is 754 g/mol. The molecule has 0 aliphatic heterocycles. The van der Waals surface area contributed by atoms with Gasteiger partial charge in [0.2, 0.25) is 41.4 Å². The van der Waals surface area contributed by atoms with E-state index in [2.05, 4.69) is 42.2 Å². The van der Waals surface area contributed by atoms with Crippen LogP contribution >= 0.6 is 0 Å². The van der Waals surface area contributed by atoms with Crippen LogP contribution in [0.5, 0.6) is 0 Å². The minimum atomic E-state index is -1.81. The first-order valence-electron chi connectivity index (χ1n) is 17.0. The van der Waals surface area contributed by atoms with Crippen LogP contribution < -0.4 is 37.6 Å². The number of hydrogen-bond donors (Lipinski definition) is 10. The molecule has 0 radical (unpaired) electrons. The van der Waals surface area contributed by atoms with Crippen molar-refractivity contribution in [2.24, 2.45) is 11.7 Å². The van der Waals surface area contributed by atoms with E-state index in [0.29, 0.717) is 0 Å². The highest BCUT2D eigenvalue weighted by Crippen LogP contribution is 2.08. The van der Waals surface area contributed by atoms with E-state index in [9.17, 15) is 67.7 Å². The van der Waals surface area contributed by atoms with Crippen LogP contribution in [-0.4, -0.2) is 140 Å². The predicted octanol–water partition coefficient (Wildman–Crippen LogP) is -4.33. The molecule has 0 saturated carbocycles. The Morgan fingerprint density at radius 3 is 1.89 bits per heavy atom. The molecule has 0 bridgehead atoms. The van der Waals surface area contributed by atoms with E-state index in [1.807, 2.05) is 0 Å². The predicted molar refractivity (Wildman–Crippen MR) is 184 cm³/mol. The molecule has 0 aromatic carbocycles. The molecule has 0 aliphatic rings. The molecule has 0 saturated heterocycles. The van der Waals surface area contributed by atoms with Gasteiger partial charge in [-0.05, 0) is 19.3 Å². The lowest BCUT2D eigenvalue weighted by molar-refractivity contribution is -0.142. The zero-order valence-corrected chi connectivity index (χ0v) is 30.7. The molecule has 0 aliphatic carbocycles. The number of primary amides is 1. The first-order valence-corrected chi connectivity index (χ1v) is 17.0. The molecule has 24 nitrogen and oxygen atoms in total. The summed E-state index contributed by atoms with van der Waals surface area (Å²) in [6.45, 7) is 2.57. The number of carboxylic acid groups (broad SMARTS) is 3. The maximum atomic E-state index is 13.4. The van der Waals surface area contributed by atoms with Crippen LogP contribution in [0.2, 0.25) is 0 Å². The van der Waals surface area contributed by atoms with Gasteiger partial charge in [-0.1, -0.05) is 19.1 Å². The first kappa shape index (κ1) is 47.8. The van der Waals surface area contributed by atoms with Gasteiger partial charge in [-0.3, -0.25) is 47.9 Å². The largest absolute Gasteiger partial charge is 0.481 e. The van der Waals surface area contributed by atoms with Crippen LogP contribution in [0.4, 0.5) is 4.39 Å². The summed E-state index contributed by atoms with van der Waals surface area (Å²) in [5.74, 6) is -12.0. The molecular formula is C31H47FN10O14. The van der Waals surface area contributed by atoms with E-state index in [0.717, 1.165) is 4.68 Å². The fraction of sp³-hybridized carbons (Fsp3) is 0.613. The number of nitrogens with one attached hydrogen (secondary N) is 6. The quantitative estimate of drug-likeness (QED) is 0.0376. The summed E-state index contributed by atoms with van der Waals surface area (Å²) >= 11 is 0. The molecule has 312 valence electrons. The van der Waals surface area contributed by atoms with Crippen molar-refractivity contribution in [2.45, 2.75) is 96.2 Å². The number of carbonyl (C=O) groups excluding carboxylic acids is 7. The van der Waals surface area contributed by atoms with Crippen LogP contribution in [0.3, 0.4) is 0 Å². The van der Waals surface area contributed by atoms with Gasteiger partial charge >= 0.3 is 17.9 Å². The number of amides is 7. The number of alkyl halides is 1. The normalized spacial score (nSPS) is 13.5. The zero-order valence-electron chi connectivity index (χ0n) is 30.7. The van der Waals surface area contributed by atoms with Gasteiger partial charge in [0.15, 0.2) is 0 Å². The molecule has 1 aromatic heterocycles. The number of nitrogens with zero attached hydrogens (tertiary/aromatic N) is 3. The standard InChI is InChI=1S/C31H47FN10O14/c1-15(2)26(31(55)38-20(11-25(49)50)29(53)35-16(3)27(33)51)39-28(52)18(4-5-23(45)46)37-30(54)19(10-24(47)48)36-22(44)13-42-12-17(40-41-42)14-56-9-6-21(43)34-8-7-32/h12,15-16,18-20,26H,4-11,13-14H2,1-3H3,(H2,33,51)(H,34,43)(H,35,53)(H,36,44)(H,37,54)(H,38,55)(H,39,52)(H,45,46)(H,47,48)(H,49,50)/t16-,18+,19+,20+,26+/m1/s1/i32-1. The van der Waals surface area contributed by atoms with E-state index in [1.54, 1.807) is 0 Å². The molecule has 1 heterocycles. The topological polar surface area (TPSA) is 370 Å². The molecule has 25 heteroatoms. The summed E-state index contributed by atoms with van der Waals surface area (Å²) in [7, 11) is 0. The van der Waals surface area contributed by atoms with Crippen LogP contribution in [0.25, 0.3) is 0 Å². The number of rotatable bonds is 27. The number of ether oxygens (including phenoxy) is 1. The second-order valence-electron chi connectivity index (χ2n) is 12.5. The van der Waals surface area contributed by atoms with Gasteiger partial charge in [0.05, 0.1) is 32.3 Å². The molecule has 0 unspecified atom stereocenters. The van der Waals surface area contributed by atoms with Crippen molar-refractivity contribution in [3.63, 3.8) is 0 Å². The second-order valence-corrected chi connectivity index (χ2v) is 12.5. The minimum absolute atomic E-state index is 0.0285. The zero-order chi connectivity index (χ0) is 42.5. The van der Waals surface area contributed by atoms with E-state index >= 15 is 0 Å². The number of carbonyl (C=O) groups is 10. The summed E-state index contributed by atoms with van der Waals surface area (Å²) in [4.78, 5) is 123. The Balaban J connectivity index is 3.06. The molecule has 11 N–H and O–H groups in total. The van der Waals surface area contributed by atoms with Crippen molar-refractivity contribution in [1.82, 2.24) is 46.9 Å². The smallest absolute Gasteiger partial charge is 0.305 e. The average molecular weight is 802 g/mol. The SMILES string of the molecule is CC(C)[C@H](NC(=O)[C@H](CCC(=O)O)NC(=O)[C@H](CC(=O)O)NC(=O)Cn1cc(COCCC(=O)NCC[18F])nn1)C(=O)N[C@@H](CC(=O)O)C(=O)N[C@H](C)C(N)=O. The summed E-state index contributed by atoms with van der Waals surface area (Å²) in [5, 5.41) is 48.8. The summed E-state index contributed by atoms with van der Waals surface area (Å²) < 4.78 is 18.5. The van der Waals surface area contributed by atoms with E-state index in [1.165, 1.54) is 27.0 Å². The Labute approximate surface area is 318 Å². The van der Waals surface area contributed by atoms with Crippen molar-refractivity contribution in [3.8, 4) is 0 Å². The lowest BCUT2D eigenvalue weighted by Crippen LogP contribution is -2.60. The first-order chi connectivity index (χ1) is 26.2. The van der Waals surface area contributed by atoms with Crippen molar-refractivity contribution in [2.75, 3.05) is 19.8 Å². The van der Waals surface area contributed by atoms with Gasteiger partial charge in [-0.15, -0.1) is 5.10 Å². The maximum Gasteiger partial charge on any atom is 0.305 e. The molecule has 56 heavy (non-hydrogen) atoms. The molecule has 5 atom stereocenters. The van der Waals surface area contributed by atoms with Crippen LogP contribution in [0.15, 0.2) is 6.20 Å². The van der Waals surface area contributed by atoms with Crippen LogP contribution in [0, 0.1) is 5.92 Å². The van der Waals surface area contributed by atoms with Gasteiger partial charge in [-0.2, -0.15) is 0 Å². The number of hydrogen-bond acceptors (Lipinski definition) is 13. The summed E-state index contributed by atoms with van der Waals surface area (Å²) in [5.41, 5.74) is 5.36. The van der Waals surface area contributed by atoms with E-state index in [-0.39, 0.29) is 31.9 Å². The third kappa shape index (κ3) is 18.7. The lowest BCUT2D eigenvalue weighted by Gasteiger charge is -2.28. The Hall–Kier alpha value is -6.27. The molecule has 1 aromatic rings. The number of aliphatic carboxylic acids is 3. The summed E-state index contributed by atoms with van der Waals surface area (Å²) in [6.07, 6.45) is -1.96. The van der Waals surface area contributed by atoms with Crippen molar-refractivity contribution < 1.29 is 72.4 Å². The highest BCUT2D eigenvalue weighted by Gasteiger charge is 2.34. The van der Waals surface area contributed by atoms with E-state index in [4.69, 9.17) is 10.5 Å². The number of carboxylic acids is 3. The van der Waals surface area contributed by atoms with Gasteiger partial charge in [0, 0.05) is 19.4 Å². The molecule has 0 fully saturated rings. The fourth-order valence-electron chi connectivity index (χ4n) is 4.50. The Morgan fingerprint density at radius 2 is 1.34 bits per heavy atom. The van der Waals surface area contributed by atoms with Gasteiger partial charge in [0.1, 0.15) is 49.1 Å². The molecule has 7 amide bonds. The number of nitrogens with two attached hydrogens (primary N) is 1. The monoisotopic (exact) mass is 801 g/mol. The van der Waals surface area contributed by atoms with Crippen LogP contribution in [-0.2, 0) is 65.8 Å². The minimum Gasteiger partial charge on any atom is -0.481 e. The number of halogens is 1. The van der Waals surface area contributed by atoms with Crippen LogP contribution in [0.1, 0.15) is 58.6 Å². The Kier molecular flexibility index (Phi) is 20.6. The van der Waals surface area contributed by atoms with Crippen molar-refractivity contribution in [1.29, 1.82) is 0 Å². The maximum absolute atomic E-state index is 13.4. The lowest BCUT2D eigenvalue weighted by atomic mass is 10.0. The number of aromatic nitrogens is 3. The Bertz CT molecular complexity index is 1590. The molecule has 0 spiro atoms. The third-order valence-corrected chi connectivity index (χ3v) is 7.39. The second kappa shape index (κ2) is 24.2. The molecule has 1 rings (SSSR count). The average Bonchev–Trinajstić information content (AvgIpc) is 3.54. The van der Waals surface area contributed by atoms with Gasteiger partial charge in [-0.25, -0.2) is 9.07 Å². The fourth-order valence-corrected chi connectivity index (χ4v) is 4.50. The highest BCUT2D eigenvalue weighted by atomic mass is 18.2. The summed E-state index contributed by atoms with van der Waals surface area (Å²) in [6, 6.07) is -8.01. The van der Waals surface area contributed by atoms with Crippen molar-refractivity contribution in [3.05, 3.63) is 11.9 Å². The van der Waals surface area contributed by atoms with E-state index < -0.39 is 134 Å².